The fourth-order valence-corrected chi connectivity index (χ4v) is 3.41. The van der Waals surface area contributed by atoms with E-state index in [9.17, 15) is 0 Å². The lowest BCUT2D eigenvalue weighted by atomic mass is 9.98. The van der Waals surface area contributed by atoms with Crippen molar-refractivity contribution in [2.75, 3.05) is 6.54 Å². The summed E-state index contributed by atoms with van der Waals surface area (Å²) in [5, 5.41) is 3.77. The fraction of sp³-hybridized carbons (Fsp3) is 0.900. The first-order valence-electron chi connectivity index (χ1n) is 9.80. The molecule has 0 radical (unpaired) electrons. The Morgan fingerprint density at radius 2 is 1.57 bits per heavy atom. The van der Waals surface area contributed by atoms with Gasteiger partial charge in [0.05, 0.1) is 0 Å². The van der Waals surface area contributed by atoms with E-state index in [1.807, 2.05) is 0 Å². The van der Waals surface area contributed by atoms with Gasteiger partial charge in [0.1, 0.15) is 0 Å². The summed E-state index contributed by atoms with van der Waals surface area (Å²) >= 11 is 0. The average molecular weight is 294 g/mol. The van der Waals surface area contributed by atoms with Crippen LogP contribution in [0.3, 0.4) is 0 Å². The number of nitrogens with one attached hydrogen (secondary N) is 1. The lowest BCUT2D eigenvalue weighted by molar-refractivity contribution is 0.484. The third-order valence-electron chi connectivity index (χ3n) is 4.76. The first kappa shape index (κ1) is 18.7. The van der Waals surface area contributed by atoms with Crippen LogP contribution in [-0.2, 0) is 0 Å². The van der Waals surface area contributed by atoms with E-state index in [4.69, 9.17) is 0 Å². The molecule has 0 aliphatic heterocycles. The maximum atomic E-state index is 3.77. The SMILES string of the molecule is CCCCCCCCCCCC(NCCC)C1=CCCC1. The number of hydrogen-bond acceptors (Lipinski definition) is 1. The van der Waals surface area contributed by atoms with Crippen molar-refractivity contribution >= 4 is 0 Å². The van der Waals surface area contributed by atoms with E-state index < -0.39 is 0 Å². The average Bonchev–Trinajstić information content (AvgIpc) is 3.02. The Hall–Kier alpha value is -0.300. The van der Waals surface area contributed by atoms with Gasteiger partial charge in [0.25, 0.3) is 0 Å². The molecule has 0 saturated carbocycles. The predicted octanol–water partition coefficient (Wildman–Crippen LogP) is 6.39. The molecule has 0 amide bonds. The van der Waals surface area contributed by atoms with E-state index in [0.29, 0.717) is 6.04 Å². The second-order valence-corrected chi connectivity index (χ2v) is 6.80. The van der Waals surface area contributed by atoms with E-state index in [1.165, 1.54) is 96.4 Å². The van der Waals surface area contributed by atoms with Crippen molar-refractivity contribution in [2.24, 2.45) is 0 Å². The molecular weight excluding hydrogens is 254 g/mol. The molecule has 0 spiro atoms. The van der Waals surface area contributed by atoms with Gasteiger partial charge in [-0.05, 0) is 38.6 Å². The molecule has 124 valence electrons. The minimum absolute atomic E-state index is 0.692. The van der Waals surface area contributed by atoms with Crippen LogP contribution in [0.1, 0.15) is 104 Å². The highest BCUT2D eigenvalue weighted by Gasteiger charge is 2.15. The van der Waals surface area contributed by atoms with Crippen LogP contribution < -0.4 is 5.32 Å². The molecule has 1 unspecified atom stereocenters. The molecule has 0 aromatic rings. The highest BCUT2D eigenvalue weighted by molar-refractivity contribution is 5.15. The molecule has 0 fully saturated rings. The minimum Gasteiger partial charge on any atom is -0.310 e. The summed E-state index contributed by atoms with van der Waals surface area (Å²) in [5.74, 6) is 0. The van der Waals surface area contributed by atoms with Gasteiger partial charge in [0.2, 0.25) is 0 Å². The summed E-state index contributed by atoms with van der Waals surface area (Å²) in [7, 11) is 0. The van der Waals surface area contributed by atoms with E-state index in [2.05, 4.69) is 25.2 Å². The van der Waals surface area contributed by atoms with E-state index in [1.54, 1.807) is 5.57 Å². The van der Waals surface area contributed by atoms with Gasteiger partial charge < -0.3 is 5.32 Å². The van der Waals surface area contributed by atoms with Gasteiger partial charge in [-0.15, -0.1) is 0 Å². The summed E-state index contributed by atoms with van der Waals surface area (Å²) in [6, 6.07) is 0.692. The Balaban J connectivity index is 2.02. The van der Waals surface area contributed by atoms with Crippen molar-refractivity contribution in [3.8, 4) is 0 Å². The summed E-state index contributed by atoms with van der Waals surface area (Å²) in [5.41, 5.74) is 1.71. The first-order chi connectivity index (χ1) is 10.4. The molecule has 1 nitrogen and oxygen atoms in total. The maximum Gasteiger partial charge on any atom is 0.0279 e. The second kappa shape index (κ2) is 13.4. The van der Waals surface area contributed by atoms with Crippen LogP contribution in [0.2, 0.25) is 0 Å². The molecule has 1 heteroatoms. The zero-order valence-corrected chi connectivity index (χ0v) is 14.8. The summed E-state index contributed by atoms with van der Waals surface area (Å²) in [6.45, 7) is 5.74. The normalized spacial score (nSPS) is 16.2. The topological polar surface area (TPSA) is 12.0 Å². The summed E-state index contributed by atoms with van der Waals surface area (Å²) < 4.78 is 0. The van der Waals surface area contributed by atoms with Crippen LogP contribution in [0.5, 0.6) is 0 Å². The van der Waals surface area contributed by atoms with Crippen molar-refractivity contribution in [2.45, 2.75) is 110 Å². The van der Waals surface area contributed by atoms with Crippen molar-refractivity contribution in [3.63, 3.8) is 0 Å². The van der Waals surface area contributed by atoms with Crippen molar-refractivity contribution in [1.82, 2.24) is 5.32 Å². The highest BCUT2D eigenvalue weighted by atomic mass is 14.9. The first-order valence-corrected chi connectivity index (χ1v) is 9.80. The predicted molar refractivity (Wildman–Crippen MR) is 95.9 cm³/mol. The van der Waals surface area contributed by atoms with Gasteiger partial charge in [0, 0.05) is 6.04 Å². The summed E-state index contributed by atoms with van der Waals surface area (Å²) in [6.07, 6.45) is 22.1. The zero-order valence-electron chi connectivity index (χ0n) is 14.8. The molecule has 0 heterocycles. The van der Waals surface area contributed by atoms with Crippen LogP contribution in [0, 0.1) is 0 Å². The standard InChI is InChI=1S/C20H39N/c1-3-5-6-7-8-9-10-11-12-17-20(21-18-4-2)19-15-13-14-16-19/h15,20-21H,3-14,16-18H2,1-2H3. The Kier molecular flexibility index (Phi) is 11.9. The smallest absolute Gasteiger partial charge is 0.0279 e. The zero-order chi connectivity index (χ0) is 15.2. The molecular formula is C20H39N. The van der Waals surface area contributed by atoms with Crippen LogP contribution >= 0.6 is 0 Å². The number of allylic oxidation sites excluding steroid dienone is 1. The Morgan fingerprint density at radius 1 is 0.905 bits per heavy atom. The largest absolute Gasteiger partial charge is 0.310 e. The summed E-state index contributed by atoms with van der Waals surface area (Å²) in [4.78, 5) is 0. The van der Waals surface area contributed by atoms with Gasteiger partial charge >= 0.3 is 0 Å². The van der Waals surface area contributed by atoms with Gasteiger partial charge in [-0.3, -0.25) is 0 Å². The minimum atomic E-state index is 0.692. The third kappa shape index (κ3) is 9.34. The van der Waals surface area contributed by atoms with Crippen LogP contribution in [0.15, 0.2) is 11.6 Å². The second-order valence-electron chi connectivity index (χ2n) is 6.80. The maximum absolute atomic E-state index is 3.77. The fourth-order valence-electron chi connectivity index (χ4n) is 3.41. The molecule has 1 atom stereocenters. The molecule has 1 N–H and O–H groups in total. The molecule has 0 saturated heterocycles. The van der Waals surface area contributed by atoms with E-state index in [0.717, 1.165) is 0 Å². The molecule has 1 rings (SSSR count). The number of rotatable bonds is 14. The molecule has 1 aliphatic rings. The highest BCUT2D eigenvalue weighted by Crippen LogP contribution is 2.24. The Morgan fingerprint density at radius 3 is 2.14 bits per heavy atom. The molecule has 0 aromatic heterocycles. The molecule has 21 heavy (non-hydrogen) atoms. The molecule has 0 bridgehead atoms. The van der Waals surface area contributed by atoms with Gasteiger partial charge in [0.15, 0.2) is 0 Å². The number of unbranched alkanes of at least 4 members (excludes halogenated alkanes) is 8. The quantitative estimate of drug-likeness (QED) is 0.289. The van der Waals surface area contributed by atoms with Crippen molar-refractivity contribution in [1.29, 1.82) is 0 Å². The lowest BCUT2D eigenvalue weighted by Gasteiger charge is -2.20. The number of hydrogen-bond donors (Lipinski definition) is 1. The Bertz CT molecular complexity index is 257. The van der Waals surface area contributed by atoms with Crippen LogP contribution in [0.4, 0.5) is 0 Å². The van der Waals surface area contributed by atoms with E-state index >= 15 is 0 Å². The van der Waals surface area contributed by atoms with Crippen molar-refractivity contribution < 1.29 is 0 Å². The van der Waals surface area contributed by atoms with Gasteiger partial charge in [-0.25, -0.2) is 0 Å². The lowest BCUT2D eigenvalue weighted by Crippen LogP contribution is -2.31. The molecule has 1 aliphatic carbocycles. The monoisotopic (exact) mass is 293 g/mol. The van der Waals surface area contributed by atoms with Gasteiger partial charge in [-0.1, -0.05) is 83.3 Å². The Labute approximate surface area is 134 Å². The van der Waals surface area contributed by atoms with Crippen molar-refractivity contribution in [3.05, 3.63) is 11.6 Å². The van der Waals surface area contributed by atoms with Crippen LogP contribution in [-0.4, -0.2) is 12.6 Å². The third-order valence-corrected chi connectivity index (χ3v) is 4.76. The van der Waals surface area contributed by atoms with E-state index in [-0.39, 0.29) is 0 Å². The van der Waals surface area contributed by atoms with Crippen LogP contribution in [0.25, 0.3) is 0 Å². The molecule has 0 aromatic carbocycles. The van der Waals surface area contributed by atoms with Gasteiger partial charge in [-0.2, -0.15) is 0 Å².